The summed E-state index contributed by atoms with van der Waals surface area (Å²) in [6, 6.07) is 8.99. The molecule has 6 N–H and O–H groups in total. The highest BCUT2D eigenvalue weighted by molar-refractivity contribution is 7.91. The Hall–Kier alpha value is -4.97. The highest BCUT2D eigenvalue weighted by atomic mass is 35.5. The minimum absolute atomic E-state index is 0.169. The second-order valence-corrected chi connectivity index (χ2v) is 11.8. The van der Waals surface area contributed by atoms with Crippen LogP contribution in [-0.4, -0.2) is 61.5 Å². The second kappa shape index (κ2) is 14.7. The molecule has 1 aromatic carbocycles. The van der Waals surface area contributed by atoms with Gasteiger partial charge in [-0.15, -0.1) is 11.6 Å². The van der Waals surface area contributed by atoms with E-state index in [1.807, 2.05) is 6.07 Å². The van der Waals surface area contributed by atoms with Gasteiger partial charge in [0.1, 0.15) is 22.8 Å². The maximum atomic E-state index is 13.5. The van der Waals surface area contributed by atoms with E-state index in [1.165, 1.54) is 17.1 Å². The van der Waals surface area contributed by atoms with E-state index in [4.69, 9.17) is 16.9 Å². The molecule has 45 heavy (non-hydrogen) atoms. The molecule has 3 heterocycles. The smallest absolute Gasteiger partial charge is 0.274 e. The normalized spacial score (nSPS) is 11.4. The fourth-order valence-electron chi connectivity index (χ4n) is 4.71. The van der Waals surface area contributed by atoms with Crippen LogP contribution in [0.2, 0.25) is 0 Å². The van der Waals surface area contributed by atoms with Crippen molar-refractivity contribution in [2.45, 2.75) is 32.1 Å². The first-order valence-electron chi connectivity index (χ1n) is 13.7. The van der Waals surface area contributed by atoms with Gasteiger partial charge in [-0.05, 0) is 67.3 Å². The van der Waals surface area contributed by atoms with Crippen LogP contribution in [-0.2, 0) is 16.0 Å². The number of aromatic nitrogens is 3. The fourth-order valence-corrected chi connectivity index (χ4v) is 5.95. The summed E-state index contributed by atoms with van der Waals surface area (Å²) in [6.45, 7) is 5.28. The number of rotatable bonds is 13. The van der Waals surface area contributed by atoms with E-state index in [0.717, 1.165) is 5.56 Å². The lowest BCUT2D eigenvalue weighted by Crippen LogP contribution is -2.25. The van der Waals surface area contributed by atoms with Gasteiger partial charge in [-0.25, -0.2) is 0 Å². The molecule has 0 aliphatic rings. The summed E-state index contributed by atoms with van der Waals surface area (Å²) in [5.41, 5.74) is 6.86. The maximum Gasteiger partial charge on any atom is 0.274 e. The zero-order chi connectivity index (χ0) is 32.7. The van der Waals surface area contributed by atoms with Crippen LogP contribution in [0.5, 0.6) is 0 Å². The average Bonchev–Trinajstić information content (AvgIpc) is 3.67. The number of amides is 4. The number of benzene rings is 1. The Labute approximate surface area is 266 Å². The first-order chi connectivity index (χ1) is 21.6. The lowest BCUT2D eigenvalue weighted by Gasteiger charge is -2.10. The summed E-state index contributed by atoms with van der Waals surface area (Å²) in [6.07, 6.45) is 5.22. The number of nitriles is 1. The number of nitrogens with one attached hydrogen (secondary N) is 6. The number of nitrogens with zero attached hydrogens (tertiary/aromatic N) is 2. The fraction of sp³-hybridized carbons (Fsp3) is 0.233. The van der Waals surface area contributed by atoms with Gasteiger partial charge in [-0.3, -0.25) is 29.3 Å². The third-order valence-electron chi connectivity index (χ3n) is 7.11. The van der Waals surface area contributed by atoms with Crippen LogP contribution in [0.15, 0.2) is 47.8 Å². The Bertz CT molecular complexity index is 1770. The molecule has 0 radical (unpaired) electrons. The van der Waals surface area contributed by atoms with Gasteiger partial charge in [0, 0.05) is 41.8 Å². The molecule has 0 saturated carbocycles. The molecule has 0 spiro atoms. The van der Waals surface area contributed by atoms with E-state index >= 15 is 0 Å². The van der Waals surface area contributed by atoms with Gasteiger partial charge in [0.25, 0.3) is 17.7 Å². The zero-order valence-electron chi connectivity index (χ0n) is 24.7. The van der Waals surface area contributed by atoms with Crippen LogP contribution in [0.4, 0.5) is 11.4 Å². The van der Waals surface area contributed by atoms with Crippen LogP contribution in [0, 0.1) is 32.1 Å². The SMILES string of the molecule is Cc1c(NC(=O)c2[nH]cc(NC(=O)c3c(C)c(-c4ccc([S+]([O-])CCCl)cc4)cn3NC=O)c2C)c[nH]c1C(=O)NCCC#N. The summed E-state index contributed by atoms with van der Waals surface area (Å²) in [5, 5.41) is 16.8. The Kier molecular flexibility index (Phi) is 10.7. The van der Waals surface area contributed by atoms with Gasteiger partial charge >= 0.3 is 0 Å². The van der Waals surface area contributed by atoms with Crippen LogP contribution in [0.3, 0.4) is 0 Å². The molecular formula is C30H31ClN8O5S. The Balaban J connectivity index is 1.51. The van der Waals surface area contributed by atoms with E-state index in [0.29, 0.717) is 50.7 Å². The molecule has 0 aliphatic carbocycles. The highest BCUT2D eigenvalue weighted by Gasteiger charge is 2.24. The zero-order valence-corrected chi connectivity index (χ0v) is 26.2. The first-order valence-corrected chi connectivity index (χ1v) is 15.6. The van der Waals surface area contributed by atoms with E-state index in [9.17, 15) is 23.7 Å². The summed E-state index contributed by atoms with van der Waals surface area (Å²) in [4.78, 5) is 56.7. The largest absolute Gasteiger partial charge is 0.611 e. The molecule has 4 amide bonds. The molecule has 0 bridgehead atoms. The van der Waals surface area contributed by atoms with Crippen LogP contribution in [0.25, 0.3) is 11.1 Å². The third-order valence-corrected chi connectivity index (χ3v) is 8.89. The number of aromatic amines is 2. The average molecular weight is 651 g/mol. The molecule has 234 valence electrons. The predicted molar refractivity (Wildman–Crippen MR) is 172 cm³/mol. The molecule has 0 fully saturated rings. The Morgan fingerprint density at radius 2 is 1.58 bits per heavy atom. The number of carbonyl (C=O) groups is 4. The van der Waals surface area contributed by atoms with Crippen molar-refractivity contribution < 1.29 is 23.7 Å². The molecule has 4 aromatic rings. The standard InChI is InChI=1S/C30H31ClN8O5S/c1-17-22(20-5-7-21(8-6-20)45(44)12-9-31)15-39(36-16-40)27(17)30(43)38-24-14-35-26(19(24)3)29(42)37-23-13-34-25(18(23)2)28(41)33-11-4-10-32/h5-8,13-16,34-35H,4,9,11-12H2,1-3H3,(H,33,41)(H,36,40)(H,37,42)(H,38,43). The second-order valence-electron chi connectivity index (χ2n) is 9.87. The molecule has 0 saturated heterocycles. The minimum atomic E-state index is -1.22. The van der Waals surface area contributed by atoms with E-state index in [-0.39, 0.29) is 35.9 Å². The van der Waals surface area contributed by atoms with Crippen molar-refractivity contribution in [1.82, 2.24) is 20.0 Å². The molecular weight excluding hydrogens is 620 g/mol. The van der Waals surface area contributed by atoms with Crippen molar-refractivity contribution >= 4 is 58.3 Å². The number of halogens is 1. The summed E-state index contributed by atoms with van der Waals surface area (Å²) in [5.74, 6) is -0.811. The topological polar surface area (TPSA) is 200 Å². The van der Waals surface area contributed by atoms with Gasteiger partial charge in [0.15, 0.2) is 4.90 Å². The van der Waals surface area contributed by atoms with Crippen molar-refractivity contribution in [2.75, 3.05) is 34.2 Å². The van der Waals surface area contributed by atoms with Crippen molar-refractivity contribution in [1.29, 1.82) is 5.26 Å². The van der Waals surface area contributed by atoms with Crippen LogP contribution < -0.4 is 21.4 Å². The van der Waals surface area contributed by atoms with E-state index in [2.05, 4.69) is 31.3 Å². The maximum absolute atomic E-state index is 13.5. The third kappa shape index (κ3) is 7.23. The number of alkyl halides is 1. The van der Waals surface area contributed by atoms with Crippen molar-refractivity contribution in [3.8, 4) is 17.2 Å². The summed E-state index contributed by atoms with van der Waals surface area (Å²) in [7, 11) is 0. The molecule has 4 rings (SSSR count). The highest BCUT2D eigenvalue weighted by Crippen LogP contribution is 2.30. The molecule has 0 aliphatic heterocycles. The van der Waals surface area contributed by atoms with Crippen LogP contribution >= 0.6 is 11.6 Å². The van der Waals surface area contributed by atoms with Crippen molar-refractivity contribution in [3.63, 3.8) is 0 Å². The Morgan fingerprint density at radius 3 is 2.16 bits per heavy atom. The molecule has 1 unspecified atom stereocenters. The van der Waals surface area contributed by atoms with E-state index in [1.54, 1.807) is 51.2 Å². The van der Waals surface area contributed by atoms with Gasteiger partial charge in [-0.1, -0.05) is 0 Å². The first kappa shape index (κ1) is 32.9. The molecule has 1 atom stereocenters. The number of hydrogen-bond donors (Lipinski definition) is 6. The van der Waals surface area contributed by atoms with Gasteiger partial charge in [0.2, 0.25) is 6.41 Å². The summed E-state index contributed by atoms with van der Waals surface area (Å²) >= 11 is 4.49. The lowest BCUT2D eigenvalue weighted by molar-refractivity contribution is -0.106. The van der Waals surface area contributed by atoms with Crippen molar-refractivity contribution in [3.05, 3.63) is 76.6 Å². The Morgan fingerprint density at radius 1 is 0.978 bits per heavy atom. The van der Waals surface area contributed by atoms with Gasteiger partial charge in [0.05, 0.1) is 29.7 Å². The quantitative estimate of drug-likeness (QED) is 0.0548. The van der Waals surface area contributed by atoms with E-state index < -0.39 is 28.9 Å². The molecule has 13 nitrogen and oxygen atoms in total. The number of hydrogen-bond acceptors (Lipinski definition) is 6. The predicted octanol–water partition coefficient (Wildman–Crippen LogP) is 3.93. The lowest BCUT2D eigenvalue weighted by atomic mass is 10.0. The van der Waals surface area contributed by atoms with Crippen LogP contribution in [0.1, 0.15) is 54.6 Å². The molecule has 3 aromatic heterocycles. The number of carbonyl (C=O) groups excluding carboxylic acids is 4. The monoisotopic (exact) mass is 650 g/mol. The van der Waals surface area contributed by atoms with Gasteiger partial charge < -0.3 is 30.5 Å². The van der Waals surface area contributed by atoms with Crippen molar-refractivity contribution in [2.24, 2.45) is 0 Å². The minimum Gasteiger partial charge on any atom is -0.611 e. The van der Waals surface area contributed by atoms with Gasteiger partial charge in [-0.2, -0.15) is 5.26 Å². The summed E-state index contributed by atoms with van der Waals surface area (Å²) < 4.78 is 13.6. The number of H-pyrrole nitrogens is 2. The number of anilines is 2. The molecule has 15 heteroatoms.